The van der Waals surface area contributed by atoms with E-state index in [0.717, 1.165) is 24.1 Å². The van der Waals surface area contributed by atoms with E-state index in [-0.39, 0.29) is 23.5 Å². The van der Waals surface area contributed by atoms with Gasteiger partial charge in [0.1, 0.15) is 11.5 Å². The van der Waals surface area contributed by atoms with E-state index in [2.05, 4.69) is 15.6 Å². The van der Waals surface area contributed by atoms with Crippen molar-refractivity contribution in [3.05, 3.63) is 78.1 Å². The van der Waals surface area contributed by atoms with Gasteiger partial charge in [-0.2, -0.15) is 0 Å². The molecule has 0 spiro atoms. The van der Waals surface area contributed by atoms with E-state index in [1.165, 1.54) is 24.7 Å². The number of halogens is 1. The maximum atomic E-state index is 13.1. The van der Waals surface area contributed by atoms with Gasteiger partial charge in [-0.05, 0) is 54.8 Å². The van der Waals surface area contributed by atoms with Gasteiger partial charge in [-0.3, -0.25) is 14.2 Å². The lowest BCUT2D eigenvalue weighted by atomic mass is 10.2. The molecule has 1 saturated carbocycles. The average Bonchev–Trinajstić information content (AvgIpc) is 3.44. The molecule has 1 fully saturated rings. The second-order valence-corrected chi connectivity index (χ2v) is 6.77. The van der Waals surface area contributed by atoms with E-state index in [0.29, 0.717) is 17.9 Å². The van der Waals surface area contributed by atoms with Crippen molar-refractivity contribution in [2.45, 2.75) is 19.4 Å². The number of aromatic nitrogens is 2. The molecule has 28 heavy (non-hydrogen) atoms. The maximum absolute atomic E-state index is 13.1. The molecule has 0 aliphatic heterocycles. The number of rotatable bonds is 6. The maximum Gasteiger partial charge on any atom is 0.270 e. The van der Waals surface area contributed by atoms with Gasteiger partial charge >= 0.3 is 0 Å². The molecule has 1 aromatic heterocycles. The van der Waals surface area contributed by atoms with E-state index >= 15 is 0 Å². The van der Waals surface area contributed by atoms with Crippen molar-refractivity contribution in [1.29, 1.82) is 0 Å². The quantitative estimate of drug-likeness (QED) is 0.691. The van der Waals surface area contributed by atoms with Crippen molar-refractivity contribution < 1.29 is 14.0 Å². The van der Waals surface area contributed by atoms with Crippen molar-refractivity contribution in [1.82, 2.24) is 14.9 Å². The first kappa shape index (κ1) is 17.9. The third-order valence-corrected chi connectivity index (χ3v) is 4.57. The number of amides is 2. The van der Waals surface area contributed by atoms with Gasteiger partial charge in [-0.25, -0.2) is 9.37 Å². The van der Waals surface area contributed by atoms with Crippen LogP contribution in [-0.4, -0.2) is 21.4 Å². The van der Waals surface area contributed by atoms with Crippen LogP contribution < -0.4 is 10.6 Å². The molecule has 2 aromatic carbocycles. The molecule has 0 atom stereocenters. The van der Waals surface area contributed by atoms with E-state index in [4.69, 9.17) is 0 Å². The number of carbonyl (C=O) groups excluding carboxylic acids is 2. The number of carbonyl (C=O) groups is 2. The Bertz CT molecular complexity index is 1010. The van der Waals surface area contributed by atoms with Crippen molar-refractivity contribution in [3.63, 3.8) is 0 Å². The van der Waals surface area contributed by atoms with Gasteiger partial charge in [0.05, 0.1) is 12.5 Å². The van der Waals surface area contributed by atoms with Gasteiger partial charge in [0, 0.05) is 23.8 Å². The summed E-state index contributed by atoms with van der Waals surface area (Å²) >= 11 is 0. The summed E-state index contributed by atoms with van der Waals surface area (Å²) in [5.74, 6) is -0.461. The minimum atomic E-state index is -0.344. The first-order valence-electron chi connectivity index (χ1n) is 9.06. The van der Waals surface area contributed by atoms with Crippen molar-refractivity contribution in [2.24, 2.45) is 5.92 Å². The Balaban J connectivity index is 1.42. The first-order chi connectivity index (χ1) is 13.6. The highest BCUT2D eigenvalue weighted by Crippen LogP contribution is 2.30. The Morgan fingerprint density at radius 2 is 1.93 bits per heavy atom. The zero-order valence-electron chi connectivity index (χ0n) is 15.1. The van der Waals surface area contributed by atoms with Crippen LogP contribution in [0.3, 0.4) is 0 Å². The Labute approximate surface area is 161 Å². The predicted molar refractivity (Wildman–Crippen MR) is 102 cm³/mol. The second-order valence-electron chi connectivity index (χ2n) is 6.77. The molecule has 4 rings (SSSR count). The smallest absolute Gasteiger partial charge is 0.270 e. The lowest BCUT2D eigenvalue weighted by Crippen LogP contribution is -2.25. The number of hydrogen-bond acceptors (Lipinski definition) is 3. The Kier molecular flexibility index (Phi) is 4.89. The lowest BCUT2D eigenvalue weighted by molar-refractivity contribution is -0.117. The molecule has 6 nitrogen and oxygen atoms in total. The second kappa shape index (κ2) is 7.64. The van der Waals surface area contributed by atoms with Gasteiger partial charge in [0.25, 0.3) is 5.91 Å². The molecule has 0 saturated heterocycles. The third-order valence-electron chi connectivity index (χ3n) is 4.57. The Morgan fingerprint density at radius 1 is 1.14 bits per heavy atom. The zero-order chi connectivity index (χ0) is 19.5. The van der Waals surface area contributed by atoms with Crippen molar-refractivity contribution in [2.75, 3.05) is 5.32 Å². The molecule has 1 aliphatic rings. The van der Waals surface area contributed by atoms with E-state index in [9.17, 15) is 14.0 Å². The van der Waals surface area contributed by atoms with Gasteiger partial charge < -0.3 is 10.6 Å². The van der Waals surface area contributed by atoms with Crippen LogP contribution in [0.4, 0.5) is 10.1 Å². The summed E-state index contributed by atoms with van der Waals surface area (Å²) in [4.78, 5) is 28.5. The molecular weight excluding hydrogens is 359 g/mol. The Morgan fingerprint density at radius 3 is 2.68 bits per heavy atom. The molecule has 0 unspecified atom stereocenters. The zero-order valence-corrected chi connectivity index (χ0v) is 15.1. The lowest BCUT2D eigenvalue weighted by Gasteiger charge is -2.10. The normalized spacial score (nSPS) is 13.2. The first-order valence-corrected chi connectivity index (χ1v) is 9.06. The van der Waals surface area contributed by atoms with Crippen LogP contribution in [0.25, 0.3) is 5.69 Å². The van der Waals surface area contributed by atoms with Crippen LogP contribution in [0.2, 0.25) is 0 Å². The summed E-state index contributed by atoms with van der Waals surface area (Å²) in [5, 5.41) is 5.75. The highest BCUT2D eigenvalue weighted by Gasteiger charge is 2.29. The minimum Gasteiger partial charge on any atom is -0.347 e. The molecule has 2 amide bonds. The highest BCUT2D eigenvalue weighted by molar-refractivity contribution is 5.94. The van der Waals surface area contributed by atoms with Crippen LogP contribution in [-0.2, 0) is 11.3 Å². The summed E-state index contributed by atoms with van der Waals surface area (Å²) in [7, 11) is 0. The molecule has 142 valence electrons. The number of anilines is 1. The summed E-state index contributed by atoms with van der Waals surface area (Å²) in [6.07, 6.45) is 4.87. The number of hydrogen-bond donors (Lipinski definition) is 2. The summed E-state index contributed by atoms with van der Waals surface area (Å²) in [6.45, 7) is 0.306. The van der Waals surface area contributed by atoms with Gasteiger partial charge in [-0.1, -0.05) is 12.1 Å². The fourth-order valence-electron chi connectivity index (χ4n) is 2.89. The molecule has 1 heterocycles. The molecular formula is C21H19FN4O2. The number of imidazole rings is 1. The van der Waals surface area contributed by atoms with Gasteiger partial charge in [0.15, 0.2) is 0 Å². The number of nitrogens with zero attached hydrogens (tertiary/aromatic N) is 2. The van der Waals surface area contributed by atoms with Crippen LogP contribution >= 0.6 is 0 Å². The molecule has 0 radical (unpaired) electrons. The van der Waals surface area contributed by atoms with Crippen molar-refractivity contribution >= 4 is 17.5 Å². The monoisotopic (exact) mass is 378 g/mol. The summed E-state index contributed by atoms with van der Waals surface area (Å²) < 4.78 is 14.7. The molecule has 7 heteroatoms. The minimum absolute atomic E-state index is 0.0457. The Hall–Kier alpha value is -3.48. The van der Waals surface area contributed by atoms with Crippen LogP contribution in [0.15, 0.2) is 61.1 Å². The fraction of sp³-hybridized carbons (Fsp3) is 0.190. The standard InChI is InChI=1S/C21H19FN4O2/c22-16-6-8-18(9-7-16)26-13-23-12-19(26)21(28)24-11-14-2-1-3-17(10-14)25-20(27)15-4-5-15/h1-3,6-10,12-13,15H,4-5,11H2,(H,24,28)(H,25,27). The average molecular weight is 378 g/mol. The molecule has 1 aliphatic carbocycles. The van der Waals surface area contributed by atoms with Crippen LogP contribution in [0.1, 0.15) is 28.9 Å². The highest BCUT2D eigenvalue weighted by atomic mass is 19.1. The van der Waals surface area contributed by atoms with E-state index in [1.807, 2.05) is 24.3 Å². The molecule has 0 bridgehead atoms. The van der Waals surface area contributed by atoms with E-state index in [1.54, 1.807) is 16.7 Å². The third kappa shape index (κ3) is 4.09. The molecule has 3 aromatic rings. The predicted octanol–water partition coefficient (Wildman–Crippen LogP) is 3.29. The summed E-state index contributed by atoms with van der Waals surface area (Å²) in [6, 6.07) is 13.2. The SMILES string of the molecule is O=C(NCc1cccc(NC(=O)C2CC2)c1)c1cncn1-c1ccc(F)cc1. The summed E-state index contributed by atoms with van der Waals surface area (Å²) in [5.41, 5.74) is 2.59. The largest absolute Gasteiger partial charge is 0.347 e. The van der Waals surface area contributed by atoms with Gasteiger partial charge in [-0.15, -0.1) is 0 Å². The van der Waals surface area contributed by atoms with E-state index < -0.39 is 0 Å². The number of nitrogens with one attached hydrogen (secondary N) is 2. The number of benzene rings is 2. The topological polar surface area (TPSA) is 76.0 Å². The van der Waals surface area contributed by atoms with Crippen molar-refractivity contribution in [3.8, 4) is 5.69 Å². The fourth-order valence-corrected chi connectivity index (χ4v) is 2.89. The van der Waals surface area contributed by atoms with Crippen LogP contribution in [0, 0.1) is 11.7 Å². The molecule has 2 N–H and O–H groups in total. The van der Waals surface area contributed by atoms with Crippen LogP contribution in [0.5, 0.6) is 0 Å². The van der Waals surface area contributed by atoms with Gasteiger partial charge in [0.2, 0.25) is 5.91 Å².